The zero-order valence-corrected chi connectivity index (χ0v) is 10.9. The Labute approximate surface area is 110 Å². The fraction of sp³-hybridized carbons (Fsp3) is 0.357. The van der Waals surface area contributed by atoms with Crippen molar-refractivity contribution in [2.24, 2.45) is 0 Å². The number of piperidine rings is 1. The fourth-order valence-electron chi connectivity index (χ4n) is 2.25. The van der Waals surface area contributed by atoms with Crippen molar-refractivity contribution < 1.29 is 9.52 Å². The highest BCUT2D eigenvalue weighted by atomic mass is 32.1. The highest BCUT2D eigenvalue weighted by Crippen LogP contribution is 2.28. The molecule has 1 saturated heterocycles. The number of benzene rings is 1. The van der Waals surface area contributed by atoms with Crippen LogP contribution in [0.25, 0.3) is 11.3 Å². The Morgan fingerprint density at radius 1 is 1.06 bits per heavy atom. The lowest BCUT2D eigenvalue weighted by Gasteiger charge is -2.06. The summed E-state index contributed by atoms with van der Waals surface area (Å²) in [6.07, 6.45) is 3.64. The summed E-state index contributed by atoms with van der Waals surface area (Å²) in [4.78, 5) is 0.763. The van der Waals surface area contributed by atoms with Crippen molar-refractivity contribution in [1.29, 1.82) is 0 Å². The van der Waals surface area contributed by atoms with E-state index in [0.717, 1.165) is 23.5 Å². The average molecular weight is 261 g/mol. The minimum Gasteiger partial charge on any atom is -0.862 e. The van der Waals surface area contributed by atoms with Crippen molar-refractivity contribution in [3.63, 3.8) is 0 Å². The molecule has 1 aliphatic rings. The standard InChI is InChI=1S/C14H15NO2S/c16-13-12(11-7-3-1-4-8-11)17-14(18-13)15-9-5-2-6-10-15/h1,3-4,7-8H,2,5-6,9-10H2. The van der Waals surface area contributed by atoms with E-state index in [-0.39, 0.29) is 5.06 Å². The first kappa shape index (κ1) is 11.5. The van der Waals surface area contributed by atoms with E-state index in [2.05, 4.69) is 4.58 Å². The van der Waals surface area contributed by atoms with Crippen molar-refractivity contribution in [3.05, 3.63) is 35.2 Å². The summed E-state index contributed by atoms with van der Waals surface area (Å²) in [5, 5.41) is 12.0. The van der Waals surface area contributed by atoms with Crippen molar-refractivity contribution in [2.75, 3.05) is 13.1 Å². The second-order valence-corrected chi connectivity index (χ2v) is 5.42. The topological polar surface area (TPSA) is 39.2 Å². The van der Waals surface area contributed by atoms with Crippen molar-refractivity contribution >= 4 is 11.3 Å². The van der Waals surface area contributed by atoms with E-state index in [0.29, 0.717) is 5.76 Å². The molecule has 1 aliphatic heterocycles. The van der Waals surface area contributed by atoms with E-state index in [1.807, 2.05) is 30.3 Å². The van der Waals surface area contributed by atoms with Crippen LogP contribution in [0.4, 0.5) is 0 Å². The van der Waals surface area contributed by atoms with Gasteiger partial charge in [0, 0.05) is 23.5 Å². The Hall–Kier alpha value is -1.55. The van der Waals surface area contributed by atoms with Gasteiger partial charge in [-0.2, -0.15) is 4.58 Å². The zero-order valence-electron chi connectivity index (χ0n) is 10.1. The minimum absolute atomic E-state index is 0.0155. The van der Waals surface area contributed by atoms with Gasteiger partial charge in [-0.1, -0.05) is 30.3 Å². The molecule has 0 radical (unpaired) electrons. The summed E-state index contributed by atoms with van der Waals surface area (Å²) >= 11 is 1.22. The predicted octanol–water partition coefficient (Wildman–Crippen LogP) is 2.04. The monoisotopic (exact) mass is 261 g/mol. The molecule has 18 heavy (non-hydrogen) atoms. The maximum Gasteiger partial charge on any atom is 0.429 e. The van der Waals surface area contributed by atoms with Crippen LogP contribution >= 0.6 is 11.3 Å². The minimum atomic E-state index is 0.0155. The van der Waals surface area contributed by atoms with Gasteiger partial charge < -0.3 is 9.52 Å². The van der Waals surface area contributed by atoms with Gasteiger partial charge in [0.1, 0.15) is 18.8 Å². The highest BCUT2D eigenvalue weighted by Gasteiger charge is 2.16. The van der Waals surface area contributed by atoms with Crippen LogP contribution in [0.5, 0.6) is 5.06 Å². The Bertz CT molecular complexity index is 590. The van der Waals surface area contributed by atoms with Crippen LogP contribution in [-0.2, 0) is 0 Å². The Morgan fingerprint density at radius 2 is 1.78 bits per heavy atom. The van der Waals surface area contributed by atoms with E-state index in [4.69, 9.17) is 4.42 Å². The van der Waals surface area contributed by atoms with Gasteiger partial charge in [-0.3, -0.25) is 0 Å². The summed E-state index contributed by atoms with van der Waals surface area (Å²) in [6.45, 7) is 2.00. The van der Waals surface area contributed by atoms with Crippen molar-refractivity contribution in [1.82, 2.24) is 4.58 Å². The van der Waals surface area contributed by atoms with E-state index < -0.39 is 0 Å². The molecule has 0 spiro atoms. The van der Waals surface area contributed by atoms with Gasteiger partial charge in [0.25, 0.3) is 0 Å². The lowest BCUT2D eigenvalue weighted by molar-refractivity contribution is -0.261. The Kier molecular flexibility index (Phi) is 3.19. The molecule has 1 aromatic heterocycles. The number of rotatable bonds is 1. The first-order valence-corrected chi connectivity index (χ1v) is 7.10. The molecular formula is C14H15NO2S. The van der Waals surface area contributed by atoms with Crippen LogP contribution in [0.15, 0.2) is 34.7 Å². The van der Waals surface area contributed by atoms with E-state index in [9.17, 15) is 5.11 Å². The number of hydrogen-bond donors (Lipinski definition) is 0. The van der Waals surface area contributed by atoms with E-state index in [1.165, 1.54) is 30.6 Å². The maximum atomic E-state index is 12.0. The van der Waals surface area contributed by atoms with Crippen LogP contribution in [0.2, 0.25) is 0 Å². The molecule has 0 bridgehead atoms. The van der Waals surface area contributed by atoms with Crippen LogP contribution in [0.3, 0.4) is 0 Å². The Balaban J connectivity index is 2.06. The van der Waals surface area contributed by atoms with Crippen molar-refractivity contribution in [3.8, 4) is 16.4 Å². The molecule has 0 amide bonds. The predicted molar refractivity (Wildman–Crippen MR) is 70.3 cm³/mol. The van der Waals surface area contributed by atoms with Gasteiger partial charge in [0.05, 0.1) is 0 Å². The van der Waals surface area contributed by atoms with Crippen LogP contribution < -0.4 is 14.5 Å². The third kappa shape index (κ3) is 2.20. The molecule has 94 valence electrons. The molecule has 0 unspecified atom stereocenters. The van der Waals surface area contributed by atoms with Crippen LogP contribution in [0.1, 0.15) is 19.3 Å². The summed E-state index contributed by atoms with van der Waals surface area (Å²) in [6, 6.07) is 9.59. The molecule has 2 aromatic rings. The molecular weight excluding hydrogens is 246 g/mol. The number of nitrogens with zero attached hydrogens (tertiary/aromatic N) is 1. The van der Waals surface area contributed by atoms with Gasteiger partial charge in [-0.05, 0) is 17.8 Å². The van der Waals surface area contributed by atoms with E-state index >= 15 is 0 Å². The quantitative estimate of drug-likeness (QED) is 0.737. The lowest BCUT2D eigenvalue weighted by Crippen LogP contribution is -2.32. The summed E-state index contributed by atoms with van der Waals surface area (Å²) < 4.78 is 7.95. The van der Waals surface area contributed by atoms with Gasteiger partial charge in [-0.25, -0.2) is 0 Å². The zero-order chi connectivity index (χ0) is 12.4. The summed E-state index contributed by atoms with van der Waals surface area (Å²) in [7, 11) is 0. The Morgan fingerprint density at radius 3 is 2.50 bits per heavy atom. The molecule has 0 N–H and O–H groups in total. The fourth-order valence-corrected chi connectivity index (χ4v) is 3.09. The SMILES string of the molecule is [O-]c1sc(=[N+]2CCCCC2)oc1-c1ccccc1. The van der Waals surface area contributed by atoms with Crippen LogP contribution in [0, 0.1) is 0 Å². The van der Waals surface area contributed by atoms with Crippen molar-refractivity contribution in [2.45, 2.75) is 19.3 Å². The molecule has 3 nitrogen and oxygen atoms in total. The first-order valence-electron chi connectivity index (χ1n) is 6.29. The van der Waals surface area contributed by atoms with Gasteiger partial charge in [0.2, 0.25) is 0 Å². The molecule has 1 aromatic carbocycles. The molecule has 0 atom stereocenters. The third-order valence-corrected chi connectivity index (χ3v) is 4.09. The maximum absolute atomic E-state index is 12.0. The van der Waals surface area contributed by atoms with Gasteiger partial charge in [0.15, 0.2) is 0 Å². The first-order chi connectivity index (χ1) is 8.84. The smallest absolute Gasteiger partial charge is 0.429 e. The molecule has 2 heterocycles. The average Bonchev–Trinajstić information content (AvgIpc) is 2.83. The van der Waals surface area contributed by atoms with Gasteiger partial charge in [-0.15, -0.1) is 0 Å². The molecule has 3 rings (SSSR count). The normalized spacial score (nSPS) is 15.9. The third-order valence-electron chi connectivity index (χ3n) is 3.21. The highest BCUT2D eigenvalue weighted by molar-refractivity contribution is 7.11. The second kappa shape index (κ2) is 4.98. The lowest BCUT2D eigenvalue weighted by atomic mass is 10.2. The molecule has 0 saturated carbocycles. The summed E-state index contributed by atoms with van der Waals surface area (Å²) in [5.74, 6) is 0.473. The van der Waals surface area contributed by atoms with Crippen LogP contribution in [-0.4, -0.2) is 13.1 Å². The largest absolute Gasteiger partial charge is 0.862 e. The summed E-state index contributed by atoms with van der Waals surface area (Å²) in [5.41, 5.74) is 0.863. The van der Waals surface area contributed by atoms with Gasteiger partial charge >= 0.3 is 4.87 Å². The number of hydrogen-bond acceptors (Lipinski definition) is 3. The molecule has 0 aliphatic carbocycles. The second-order valence-electron chi connectivity index (χ2n) is 4.50. The molecule has 1 fully saturated rings. The van der Waals surface area contributed by atoms with E-state index in [1.54, 1.807) is 0 Å². The molecule has 4 heteroatoms.